The largest absolute Gasteiger partial charge is 0.444 e. The van der Waals surface area contributed by atoms with Crippen LogP contribution < -0.4 is 0 Å². The molecule has 0 aromatic rings. The molecule has 182 valence electrons. The van der Waals surface area contributed by atoms with E-state index < -0.39 is 11.7 Å². The zero-order chi connectivity index (χ0) is 23.0. The monoisotopic (exact) mass is 443 g/mol. The average molecular weight is 444 g/mol. The van der Waals surface area contributed by atoms with Gasteiger partial charge in [0.1, 0.15) is 5.60 Å². The minimum atomic E-state index is -0.527. The summed E-state index contributed by atoms with van der Waals surface area (Å²) in [7, 11) is 0. The van der Waals surface area contributed by atoms with Gasteiger partial charge in [0.05, 0.1) is 12.7 Å². The normalized spacial score (nSPS) is 17.9. The van der Waals surface area contributed by atoms with Crippen LogP contribution >= 0.6 is 0 Å². The number of nitrogens with zero attached hydrogens (tertiary/aromatic N) is 1. The molecule has 2 unspecified atom stereocenters. The van der Waals surface area contributed by atoms with E-state index in [-0.39, 0.29) is 12.4 Å². The lowest BCUT2D eigenvalue weighted by Gasteiger charge is -2.27. The first-order chi connectivity index (χ1) is 14.8. The highest BCUT2D eigenvalue weighted by Crippen LogP contribution is 2.14. The average Bonchev–Trinajstić information content (AvgIpc) is 2.71. The van der Waals surface area contributed by atoms with Crippen LogP contribution in [0.4, 0.5) is 4.79 Å². The van der Waals surface area contributed by atoms with Crippen LogP contribution in [0.25, 0.3) is 0 Å². The molecule has 0 saturated carbocycles. The number of aliphatic hydroxyl groups excluding tert-OH is 1. The summed E-state index contributed by atoms with van der Waals surface area (Å²) in [5.41, 5.74) is -0.518. The summed E-state index contributed by atoms with van der Waals surface area (Å²) in [5, 5.41) is 10.2. The lowest BCUT2D eigenvalue weighted by Crippen LogP contribution is -2.38. The van der Waals surface area contributed by atoms with Gasteiger partial charge in [-0.2, -0.15) is 0 Å². The van der Waals surface area contributed by atoms with Crippen molar-refractivity contribution >= 4 is 6.09 Å². The lowest BCUT2D eigenvalue weighted by atomic mass is 10.2. The molecule has 1 rings (SSSR count). The number of hydrogen-bond donors (Lipinski definition) is 1. The van der Waals surface area contributed by atoms with Crippen molar-refractivity contribution in [3.05, 3.63) is 12.7 Å². The van der Waals surface area contributed by atoms with E-state index in [0.29, 0.717) is 45.8 Å². The van der Waals surface area contributed by atoms with Crippen LogP contribution in [0.2, 0.25) is 0 Å². The Morgan fingerprint density at radius 3 is 2.61 bits per heavy atom. The van der Waals surface area contributed by atoms with Crippen LogP contribution in [0.5, 0.6) is 0 Å². The maximum absolute atomic E-state index is 12.4. The summed E-state index contributed by atoms with van der Waals surface area (Å²) in [4.78, 5) is 14.1. The number of unbranched alkanes of at least 4 members (excludes halogenated alkanes) is 2. The number of allylic oxidation sites excluding steroid dienone is 1. The molecule has 0 aromatic carbocycles. The Morgan fingerprint density at radius 1 is 1.19 bits per heavy atom. The molecule has 7 heteroatoms. The van der Waals surface area contributed by atoms with Gasteiger partial charge in [0.15, 0.2) is 6.29 Å². The second kappa shape index (κ2) is 16.5. The summed E-state index contributed by atoms with van der Waals surface area (Å²) < 4.78 is 22.3. The van der Waals surface area contributed by atoms with Crippen molar-refractivity contribution in [3.63, 3.8) is 0 Å². The van der Waals surface area contributed by atoms with Crippen LogP contribution in [-0.4, -0.2) is 73.6 Å². The van der Waals surface area contributed by atoms with E-state index in [1.807, 2.05) is 26.8 Å². The van der Waals surface area contributed by atoms with Gasteiger partial charge >= 0.3 is 6.09 Å². The van der Waals surface area contributed by atoms with Crippen molar-refractivity contribution in [2.45, 2.75) is 96.6 Å². The quantitative estimate of drug-likeness (QED) is 0.276. The number of amides is 1. The third-order valence-corrected chi connectivity index (χ3v) is 4.89. The van der Waals surface area contributed by atoms with Crippen LogP contribution in [-0.2, 0) is 18.9 Å². The molecule has 1 fully saturated rings. The number of aliphatic hydroxyl groups is 1. The van der Waals surface area contributed by atoms with Gasteiger partial charge in [-0.1, -0.05) is 6.08 Å². The zero-order valence-corrected chi connectivity index (χ0v) is 20.0. The fourth-order valence-corrected chi connectivity index (χ4v) is 3.23. The van der Waals surface area contributed by atoms with Gasteiger partial charge in [-0.15, -0.1) is 6.58 Å². The molecule has 1 N–H and O–H groups in total. The molecular formula is C24H45NO6. The minimum Gasteiger partial charge on any atom is -0.444 e. The SMILES string of the molecule is C=CCCCN(CCCC(O)COCCCCOC1CCCCO1)C(=O)OC(C)(C)C. The van der Waals surface area contributed by atoms with Crippen LogP contribution in [0.1, 0.15) is 78.6 Å². The van der Waals surface area contributed by atoms with Crippen molar-refractivity contribution in [1.82, 2.24) is 4.90 Å². The highest BCUT2D eigenvalue weighted by Gasteiger charge is 2.21. The van der Waals surface area contributed by atoms with Crippen LogP contribution in [0.15, 0.2) is 12.7 Å². The topological polar surface area (TPSA) is 77.5 Å². The predicted octanol–water partition coefficient (Wildman–Crippen LogP) is 4.67. The molecule has 0 aliphatic carbocycles. The van der Waals surface area contributed by atoms with E-state index in [9.17, 15) is 9.90 Å². The van der Waals surface area contributed by atoms with Crippen LogP contribution in [0, 0.1) is 0 Å². The van der Waals surface area contributed by atoms with E-state index in [1.165, 1.54) is 6.42 Å². The van der Waals surface area contributed by atoms with Gasteiger partial charge in [0, 0.05) is 32.9 Å². The summed E-state index contributed by atoms with van der Waals surface area (Å²) >= 11 is 0. The first kappa shape index (κ1) is 27.9. The Balaban J connectivity index is 2.11. The fourth-order valence-electron chi connectivity index (χ4n) is 3.23. The summed E-state index contributed by atoms with van der Waals surface area (Å²) in [6.45, 7) is 12.9. The predicted molar refractivity (Wildman–Crippen MR) is 122 cm³/mol. The van der Waals surface area contributed by atoms with Gasteiger partial charge < -0.3 is 29.0 Å². The van der Waals surface area contributed by atoms with E-state index in [4.69, 9.17) is 18.9 Å². The molecule has 31 heavy (non-hydrogen) atoms. The third kappa shape index (κ3) is 15.3. The van der Waals surface area contributed by atoms with Gasteiger partial charge in [-0.25, -0.2) is 4.79 Å². The maximum Gasteiger partial charge on any atom is 0.410 e. The molecule has 1 amide bonds. The van der Waals surface area contributed by atoms with Crippen molar-refractivity contribution in [2.75, 3.05) is 39.5 Å². The van der Waals surface area contributed by atoms with E-state index in [0.717, 1.165) is 45.1 Å². The standard InChI is InChI=1S/C24H45NO6/c1-5-6-8-15-25(23(27)31-24(2,3)4)16-12-13-21(26)20-28-17-10-11-19-30-22-14-7-9-18-29-22/h5,21-22,26H,1,6-20H2,2-4H3. The molecule has 0 spiro atoms. The van der Waals surface area contributed by atoms with E-state index in [2.05, 4.69) is 6.58 Å². The van der Waals surface area contributed by atoms with Gasteiger partial charge in [-0.05, 0) is 78.6 Å². The van der Waals surface area contributed by atoms with Gasteiger partial charge in [0.2, 0.25) is 0 Å². The molecule has 7 nitrogen and oxygen atoms in total. The molecule has 1 aliphatic heterocycles. The first-order valence-electron chi connectivity index (χ1n) is 11.9. The Hall–Kier alpha value is -1.15. The smallest absolute Gasteiger partial charge is 0.410 e. The lowest BCUT2D eigenvalue weighted by molar-refractivity contribution is -0.163. The molecule has 0 bridgehead atoms. The summed E-state index contributed by atoms with van der Waals surface area (Å²) in [5.74, 6) is 0. The molecule has 2 atom stereocenters. The zero-order valence-electron chi connectivity index (χ0n) is 20.0. The number of ether oxygens (including phenoxy) is 4. The highest BCUT2D eigenvalue weighted by atomic mass is 16.7. The molecule has 1 heterocycles. The highest BCUT2D eigenvalue weighted by molar-refractivity contribution is 5.68. The summed E-state index contributed by atoms with van der Waals surface area (Å²) in [6, 6.07) is 0. The van der Waals surface area contributed by atoms with Crippen molar-refractivity contribution < 1.29 is 28.8 Å². The molecule has 0 aromatic heterocycles. The van der Waals surface area contributed by atoms with Crippen LogP contribution in [0.3, 0.4) is 0 Å². The number of hydrogen-bond acceptors (Lipinski definition) is 6. The number of rotatable bonds is 16. The molecule has 1 aliphatic rings. The Labute approximate surface area is 189 Å². The van der Waals surface area contributed by atoms with Crippen molar-refractivity contribution in [2.24, 2.45) is 0 Å². The Kier molecular flexibility index (Phi) is 14.8. The van der Waals surface area contributed by atoms with Gasteiger partial charge in [-0.3, -0.25) is 0 Å². The second-order valence-corrected chi connectivity index (χ2v) is 9.14. The fraction of sp³-hybridized carbons (Fsp3) is 0.875. The maximum atomic E-state index is 12.4. The third-order valence-electron chi connectivity index (χ3n) is 4.89. The van der Waals surface area contributed by atoms with E-state index >= 15 is 0 Å². The second-order valence-electron chi connectivity index (χ2n) is 9.14. The number of carbonyl (C=O) groups is 1. The number of carbonyl (C=O) groups excluding carboxylic acids is 1. The molecular weight excluding hydrogens is 398 g/mol. The van der Waals surface area contributed by atoms with E-state index in [1.54, 1.807) is 4.90 Å². The molecule has 1 saturated heterocycles. The Bertz CT molecular complexity index is 473. The van der Waals surface area contributed by atoms with Crippen molar-refractivity contribution in [3.8, 4) is 0 Å². The first-order valence-corrected chi connectivity index (χ1v) is 11.9. The minimum absolute atomic E-state index is 0.0338. The van der Waals surface area contributed by atoms with Crippen molar-refractivity contribution in [1.29, 1.82) is 0 Å². The Morgan fingerprint density at radius 2 is 1.94 bits per heavy atom. The van der Waals surface area contributed by atoms with Gasteiger partial charge in [0.25, 0.3) is 0 Å². The molecule has 0 radical (unpaired) electrons. The summed E-state index contributed by atoms with van der Waals surface area (Å²) in [6.07, 6.45) is 9.10.